The van der Waals surface area contributed by atoms with Gasteiger partial charge < -0.3 is 10.5 Å². The summed E-state index contributed by atoms with van der Waals surface area (Å²) in [5, 5.41) is 5.12. The molecule has 4 nitrogen and oxygen atoms in total. The van der Waals surface area contributed by atoms with E-state index in [4.69, 9.17) is 22.1 Å². The molecule has 0 amide bonds. The van der Waals surface area contributed by atoms with Gasteiger partial charge in [-0.3, -0.25) is 4.68 Å². The fraction of sp³-hybridized carbons (Fsp3) is 0.750. The van der Waals surface area contributed by atoms with Gasteiger partial charge in [0.2, 0.25) is 0 Å². The average molecular weight is 260 g/mol. The van der Waals surface area contributed by atoms with Crippen LogP contribution in [0.5, 0.6) is 0 Å². The normalized spacial score (nSPS) is 13.0. The number of rotatable bonds is 7. The van der Waals surface area contributed by atoms with Crippen molar-refractivity contribution in [2.45, 2.75) is 39.2 Å². The highest BCUT2D eigenvalue weighted by Gasteiger charge is 2.15. The first kappa shape index (κ1) is 14.5. The number of aryl methyl sites for hydroxylation is 2. The molecule has 0 radical (unpaired) electrons. The second-order valence-corrected chi connectivity index (χ2v) is 4.60. The highest BCUT2D eigenvalue weighted by Crippen LogP contribution is 2.21. The summed E-state index contributed by atoms with van der Waals surface area (Å²) in [6.07, 6.45) is 2.56. The molecule has 0 bridgehead atoms. The Hall–Kier alpha value is -0.580. The minimum atomic E-state index is -0.0286. The molecule has 1 aromatic heterocycles. The van der Waals surface area contributed by atoms with Gasteiger partial charge in [-0.1, -0.05) is 25.4 Å². The van der Waals surface area contributed by atoms with Gasteiger partial charge in [-0.2, -0.15) is 5.10 Å². The lowest BCUT2D eigenvalue weighted by molar-refractivity contribution is 0.121. The minimum Gasteiger partial charge on any atom is -0.380 e. The Kier molecular flexibility index (Phi) is 5.95. The van der Waals surface area contributed by atoms with Crippen molar-refractivity contribution in [1.29, 1.82) is 0 Å². The molecule has 1 atom stereocenters. The number of hydrogen-bond acceptors (Lipinski definition) is 3. The predicted octanol–water partition coefficient (Wildman–Crippen LogP) is 1.93. The SMILES string of the molecule is CCCOCC(N)Cc1c(Cl)c(CC)nn1C. The van der Waals surface area contributed by atoms with E-state index < -0.39 is 0 Å². The third-order valence-electron chi connectivity index (χ3n) is 2.64. The van der Waals surface area contributed by atoms with Crippen LogP contribution >= 0.6 is 11.6 Å². The van der Waals surface area contributed by atoms with E-state index in [0.717, 1.165) is 35.9 Å². The molecule has 1 heterocycles. The van der Waals surface area contributed by atoms with Gasteiger partial charge in [-0.05, 0) is 12.8 Å². The summed E-state index contributed by atoms with van der Waals surface area (Å²) in [5.74, 6) is 0. The molecule has 0 saturated heterocycles. The van der Waals surface area contributed by atoms with Crippen molar-refractivity contribution in [3.05, 3.63) is 16.4 Å². The van der Waals surface area contributed by atoms with Crippen LogP contribution in [0.2, 0.25) is 5.02 Å². The zero-order valence-electron chi connectivity index (χ0n) is 10.9. The average Bonchev–Trinajstić information content (AvgIpc) is 2.57. The Labute approximate surface area is 108 Å². The van der Waals surface area contributed by atoms with Gasteiger partial charge in [0.05, 0.1) is 23.0 Å². The summed E-state index contributed by atoms with van der Waals surface area (Å²) < 4.78 is 7.25. The zero-order valence-corrected chi connectivity index (χ0v) is 11.6. The van der Waals surface area contributed by atoms with Crippen LogP contribution in [0.25, 0.3) is 0 Å². The first-order chi connectivity index (χ1) is 8.10. The third-order valence-corrected chi connectivity index (χ3v) is 3.08. The van der Waals surface area contributed by atoms with Crippen LogP contribution in [0.15, 0.2) is 0 Å². The van der Waals surface area contributed by atoms with Gasteiger partial charge in [0.15, 0.2) is 0 Å². The molecule has 1 aromatic rings. The molecule has 98 valence electrons. The Balaban J connectivity index is 2.58. The summed E-state index contributed by atoms with van der Waals surface area (Å²) in [5.41, 5.74) is 7.94. The number of nitrogens with two attached hydrogens (primary N) is 1. The first-order valence-corrected chi connectivity index (χ1v) is 6.51. The van der Waals surface area contributed by atoms with Crippen LogP contribution in [0, 0.1) is 0 Å². The summed E-state index contributed by atoms with van der Waals surface area (Å²) in [4.78, 5) is 0. The van der Waals surface area contributed by atoms with Crippen LogP contribution < -0.4 is 5.73 Å². The second kappa shape index (κ2) is 6.99. The van der Waals surface area contributed by atoms with Crippen molar-refractivity contribution >= 4 is 11.6 Å². The molecular weight excluding hydrogens is 238 g/mol. The first-order valence-electron chi connectivity index (χ1n) is 6.13. The van der Waals surface area contributed by atoms with Crippen LogP contribution in [0.3, 0.4) is 0 Å². The highest BCUT2D eigenvalue weighted by atomic mass is 35.5. The maximum atomic E-state index is 6.26. The van der Waals surface area contributed by atoms with E-state index in [1.54, 1.807) is 0 Å². The number of nitrogens with zero attached hydrogens (tertiary/aromatic N) is 2. The summed E-state index contributed by atoms with van der Waals surface area (Å²) >= 11 is 6.26. The smallest absolute Gasteiger partial charge is 0.0850 e. The standard InChI is InChI=1S/C12H22ClN3O/c1-4-6-17-8-9(14)7-11-12(13)10(5-2)15-16(11)3/h9H,4-8,14H2,1-3H3. The van der Waals surface area contributed by atoms with E-state index in [2.05, 4.69) is 12.0 Å². The fourth-order valence-corrected chi connectivity index (χ4v) is 2.10. The summed E-state index contributed by atoms with van der Waals surface area (Å²) in [7, 11) is 1.90. The third kappa shape index (κ3) is 3.98. The number of aromatic nitrogens is 2. The fourth-order valence-electron chi connectivity index (χ4n) is 1.73. The molecule has 1 rings (SSSR count). The van der Waals surface area contributed by atoms with Crippen molar-refractivity contribution < 1.29 is 4.74 Å². The van der Waals surface area contributed by atoms with E-state index in [-0.39, 0.29) is 6.04 Å². The molecule has 0 spiro atoms. The van der Waals surface area contributed by atoms with E-state index in [1.807, 2.05) is 18.7 Å². The molecule has 0 aliphatic carbocycles. The van der Waals surface area contributed by atoms with E-state index in [0.29, 0.717) is 13.0 Å². The van der Waals surface area contributed by atoms with Gasteiger partial charge in [0.25, 0.3) is 0 Å². The zero-order chi connectivity index (χ0) is 12.8. The van der Waals surface area contributed by atoms with Crippen molar-refractivity contribution in [1.82, 2.24) is 9.78 Å². The quantitative estimate of drug-likeness (QED) is 0.762. The minimum absolute atomic E-state index is 0.0286. The lowest BCUT2D eigenvalue weighted by Crippen LogP contribution is -2.29. The molecule has 0 saturated carbocycles. The summed E-state index contributed by atoms with van der Waals surface area (Å²) in [6, 6.07) is -0.0286. The van der Waals surface area contributed by atoms with Gasteiger partial charge in [0, 0.05) is 26.1 Å². The maximum absolute atomic E-state index is 6.26. The molecule has 0 aliphatic heterocycles. The van der Waals surface area contributed by atoms with Gasteiger partial charge >= 0.3 is 0 Å². The largest absolute Gasteiger partial charge is 0.380 e. The van der Waals surface area contributed by atoms with E-state index >= 15 is 0 Å². The van der Waals surface area contributed by atoms with Crippen molar-refractivity contribution in [2.24, 2.45) is 12.8 Å². The van der Waals surface area contributed by atoms with Crippen LogP contribution in [0.1, 0.15) is 31.7 Å². The molecule has 17 heavy (non-hydrogen) atoms. The number of ether oxygens (including phenoxy) is 1. The van der Waals surface area contributed by atoms with E-state index in [9.17, 15) is 0 Å². The topological polar surface area (TPSA) is 53.1 Å². The molecule has 0 aliphatic rings. The lowest BCUT2D eigenvalue weighted by Gasteiger charge is -2.12. The lowest BCUT2D eigenvalue weighted by atomic mass is 10.1. The van der Waals surface area contributed by atoms with Crippen molar-refractivity contribution in [3.8, 4) is 0 Å². The van der Waals surface area contributed by atoms with E-state index in [1.165, 1.54) is 0 Å². The van der Waals surface area contributed by atoms with Crippen LogP contribution in [-0.2, 0) is 24.6 Å². The molecule has 0 aromatic carbocycles. The predicted molar refractivity (Wildman–Crippen MR) is 70.4 cm³/mol. The van der Waals surface area contributed by atoms with Gasteiger partial charge in [-0.25, -0.2) is 0 Å². The number of halogens is 1. The monoisotopic (exact) mass is 259 g/mol. The van der Waals surface area contributed by atoms with Crippen LogP contribution in [0.4, 0.5) is 0 Å². The van der Waals surface area contributed by atoms with Crippen molar-refractivity contribution in [2.75, 3.05) is 13.2 Å². The highest BCUT2D eigenvalue weighted by molar-refractivity contribution is 6.31. The molecule has 1 unspecified atom stereocenters. The molecule has 5 heteroatoms. The molecular formula is C12H22ClN3O. The Bertz CT molecular complexity index is 352. The summed E-state index contributed by atoms with van der Waals surface area (Å²) in [6.45, 7) is 5.45. The Morgan fingerprint density at radius 1 is 1.47 bits per heavy atom. The van der Waals surface area contributed by atoms with Crippen LogP contribution in [-0.4, -0.2) is 29.0 Å². The second-order valence-electron chi connectivity index (χ2n) is 4.22. The Morgan fingerprint density at radius 3 is 2.71 bits per heavy atom. The maximum Gasteiger partial charge on any atom is 0.0850 e. The molecule has 0 fully saturated rings. The van der Waals surface area contributed by atoms with Crippen molar-refractivity contribution in [3.63, 3.8) is 0 Å². The molecule has 2 N–H and O–H groups in total. The van der Waals surface area contributed by atoms with Gasteiger partial charge in [0.1, 0.15) is 0 Å². The van der Waals surface area contributed by atoms with Gasteiger partial charge in [-0.15, -0.1) is 0 Å². The Morgan fingerprint density at radius 2 is 2.18 bits per heavy atom. The number of hydrogen-bond donors (Lipinski definition) is 1.